The van der Waals surface area contributed by atoms with Gasteiger partial charge in [-0.2, -0.15) is 0 Å². The van der Waals surface area contributed by atoms with Crippen LogP contribution in [-0.4, -0.2) is 30.3 Å². The molecule has 3 rings (SSSR count). The van der Waals surface area contributed by atoms with E-state index in [1.807, 2.05) is 24.3 Å². The maximum atomic E-state index is 10.9. The smallest absolute Gasteiger partial charge is 0.323 e. The van der Waals surface area contributed by atoms with Crippen LogP contribution in [0.15, 0.2) is 42.5 Å². The molecule has 2 aromatic rings. The molecular weight excluding hydrogens is 242 g/mol. The number of hydrogen-bond acceptors (Lipinski definition) is 3. The number of ether oxygens (including phenoxy) is 1. The number of nitrogens with one attached hydrogen (secondary N) is 1. The molecule has 1 saturated heterocycles. The summed E-state index contributed by atoms with van der Waals surface area (Å²) in [5, 5.41) is 14.3. The Kier molecular flexibility index (Phi) is 3.19. The molecule has 2 unspecified atom stereocenters. The first kappa shape index (κ1) is 12.1. The predicted molar refractivity (Wildman–Crippen MR) is 72.1 cm³/mol. The van der Waals surface area contributed by atoms with Crippen molar-refractivity contribution in [3.8, 4) is 0 Å². The van der Waals surface area contributed by atoms with Crippen molar-refractivity contribution in [3.63, 3.8) is 0 Å². The molecule has 0 spiro atoms. The molecule has 0 bridgehead atoms. The number of aliphatic carboxylic acids is 1. The summed E-state index contributed by atoms with van der Waals surface area (Å²) in [6.07, 6.45) is -0.0956. The summed E-state index contributed by atoms with van der Waals surface area (Å²) in [5.41, 5.74) is 1.11. The van der Waals surface area contributed by atoms with Crippen LogP contribution in [0.4, 0.5) is 0 Å². The largest absolute Gasteiger partial charge is 0.480 e. The van der Waals surface area contributed by atoms with E-state index >= 15 is 0 Å². The SMILES string of the molecule is O=C(O)C1COC(c2cccc3ccccc23)CN1. The van der Waals surface area contributed by atoms with Gasteiger partial charge in [-0.1, -0.05) is 42.5 Å². The first-order valence-corrected chi connectivity index (χ1v) is 6.31. The lowest BCUT2D eigenvalue weighted by atomic mass is 9.99. The fraction of sp³-hybridized carbons (Fsp3) is 0.267. The van der Waals surface area contributed by atoms with Gasteiger partial charge in [0.25, 0.3) is 0 Å². The topological polar surface area (TPSA) is 58.6 Å². The number of benzene rings is 2. The Balaban J connectivity index is 1.88. The Hall–Kier alpha value is -1.91. The molecule has 0 saturated carbocycles. The van der Waals surface area contributed by atoms with Gasteiger partial charge in [0.05, 0.1) is 12.7 Å². The number of hydrogen-bond donors (Lipinski definition) is 2. The molecule has 98 valence electrons. The summed E-state index contributed by atoms with van der Waals surface area (Å²) in [6, 6.07) is 13.6. The Labute approximate surface area is 111 Å². The van der Waals surface area contributed by atoms with Gasteiger partial charge in [0.2, 0.25) is 0 Å². The maximum absolute atomic E-state index is 10.9. The average molecular weight is 257 g/mol. The second kappa shape index (κ2) is 4.99. The lowest BCUT2D eigenvalue weighted by Crippen LogP contribution is -2.47. The highest BCUT2D eigenvalue weighted by molar-refractivity contribution is 5.86. The Morgan fingerprint density at radius 3 is 2.74 bits per heavy atom. The van der Waals surface area contributed by atoms with E-state index in [9.17, 15) is 4.79 Å². The molecule has 0 amide bonds. The molecule has 2 aromatic carbocycles. The molecule has 4 heteroatoms. The second-order valence-electron chi connectivity index (χ2n) is 4.69. The summed E-state index contributed by atoms with van der Waals surface area (Å²) >= 11 is 0. The van der Waals surface area contributed by atoms with E-state index in [1.54, 1.807) is 0 Å². The van der Waals surface area contributed by atoms with Crippen LogP contribution in [0.1, 0.15) is 11.7 Å². The summed E-state index contributed by atoms with van der Waals surface area (Å²) < 4.78 is 5.70. The van der Waals surface area contributed by atoms with Crippen LogP contribution >= 0.6 is 0 Å². The van der Waals surface area contributed by atoms with Crippen molar-refractivity contribution < 1.29 is 14.6 Å². The quantitative estimate of drug-likeness (QED) is 0.863. The lowest BCUT2D eigenvalue weighted by Gasteiger charge is -2.29. The molecule has 2 N–H and O–H groups in total. The van der Waals surface area contributed by atoms with Gasteiger partial charge in [-0.05, 0) is 16.3 Å². The second-order valence-corrected chi connectivity index (χ2v) is 4.69. The summed E-state index contributed by atoms with van der Waals surface area (Å²) in [6.45, 7) is 0.716. The van der Waals surface area contributed by atoms with Crippen molar-refractivity contribution in [1.29, 1.82) is 0 Å². The van der Waals surface area contributed by atoms with Crippen LogP contribution < -0.4 is 5.32 Å². The third-order valence-electron chi connectivity index (χ3n) is 3.48. The molecular formula is C15H15NO3. The van der Waals surface area contributed by atoms with Crippen LogP contribution in [0.2, 0.25) is 0 Å². The van der Waals surface area contributed by atoms with Gasteiger partial charge in [-0.15, -0.1) is 0 Å². The molecule has 1 aliphatic heterocycles. The van der Waals surface area contributed by atoms with E-state index in [4.69, 9.17) is 9.84 Å². The van der Waals surface area contributed by atoms with Crippen LogP contribution in [0.5, 0.6) is 0 Å². The molecule has 0 radical (unpaired) electrons. The zero-order valence-electron chi connectivity index (χ0n) is 10.4. The summed E-state index contributed by atoms with van der Waals surface area (Å²) in [5.74, 6) is -0.864. The van der Waals surface area contributed by atoms with Crippen molar-refractivity contribution in [3.05, 3.63) is 48.0 Å². The lowest BCUT2D eigenvalue weighted by molar-refractivity contribution is -0.144. The van der Waals surface area contributed by atoms with Gasteiger partial charge in [-0.25, -0.2) is 0 Å². The van der Waals surface area contributed by atoms with Crippen molar-refractivity contribution in [2.75, 3.05) is 13.2 Å². The van der Waals surface area contributed by atoms with E-state index < -0.39 is 12.0 Å². The summed E-state index contributed by atoms with van der Waals surface area (Å²) in [4.78, 5) is 10.9. The molecule has 0 aromatic heterocycles. The first-order chi connectivity index (χ1) is 9.25. The van der Waals surface area contributed by atoms with Crippen LogP contribution in [-0.2, 0) is 9.53 Å². The number of fused-ring (bicyclic) bond motifs is 1. The molecule has 0 aliphatic carbocycles. The monoisotopic (exact) mass is 257 g/mol. The molecule has 4 nitrogen and oxygen atoms in total. The molecule has 1 fully saturated rings. The van der Waals surface area contributed by atoms with Crippen molar-refractivity contribution in [2.45, 2.75) is 12.1 Å². The fourth-order valence-corrected chi connectivity index (χ4v) is 2.47. The van der Waals surface area contributed by atoms with E-state index in [0.717, 1.165) is 10.9 Å². The minimum atomic E-state index is -0.864. The van der Waals surface area contributed by atoms with E-state index in [0.29, 0.717) is 6.54 Å². The minimum absolute atomic E-state index is 0.0956. The highest BCUT2D eigenvalue weighted by Crippen LogP contribution is 2.27. The molecule has 1 aliphatic rings. The maximum Gasteiger partial charge on any atom is 0.323 e. The van der Waals surface area contributed by atoms with E-state index in [1.165, 1.54) is 5.39 Å². The Morgan fingerprint density at radius 1 is 1.21 bits per heavy atom. The zero-order chi connectivity index (χ0) is 13.2. The molecule has 19 heavy (non-hydrogen) atoms. The fourth-order valence-electron chi connectivity index (χ4n) is 2.47. The average Bonchev–Trinajstić information content (AvgIpc) is 2.47. The van der Waals surface area contributed by atoms with Crippen LogP contribution in [0.3, 0.4) is 0 Å². The highest BCUT2D eigenvalue weighted by atomic mass is 16.5. The van der Waals surface area contributed by atoms with Gasteiger partial charge in [-0.3, -0.25) is 10.1 Å². The van der Waals surface area contributed by atoms with Gasteiger partial charge >= 0.3 is 5.97 Å². The Morgan fingerprint density at radius 2 is 2.00 bits per heavy atom. The van der Waals surface area contributed by atoms with E-state index in [2.05, 4.69) is 23.5 Å². The zero-order valence-corrected chi connectivity index (χ0v) is 10.4. The van der Waals surface area contributed by atoms with Crippen LogP contribution in [0.25, 0.3) is 10.8 Å². The first-order valence-electron chi connectivity index (χ1n) is 6.31. The molecule has 2 atom stereocenters. The van der Waals surface area contributed by atoms with Crippen molar-refractivity contribution in [1.82, 2.24) is 5.32 Å². The summed E-state index contributed by atoms with van der Waals surface area (Å²) in [7, 11) is 0. The highest BCUT2D eigenvalue weighted by Gasteiger charge is 2.27. The number of rotatable bonds is 2. The normalized spacial score (nSPS) is 23.4. The third-order valence-corrected chi connectivity index (χ3v) is 3.48. The number of carbonyl (C=O) groups is 1. The molecule has 1 heterocycles. The third kappa shape index (κ3) is 2.32. The minimum Gasteiger partial charge on any atom is -0.480 e. The van der Waals surface area contributed by atoms with E-state index in [-0.39, 0.29) is 12.7 Å². The number of morpholine rings is 1. The van der Waals surface area contributed by atoms with Crippen LogP contribution in [0, 0.1) is 0 Å². The van der Waals surface area contributed by atoms with Gasteiger partial charge in [0.15, 0.2) is 0 Å². The van der Waals surface area contributed by atoms with Crippen molar-refractivity contribution >= 4 is 16.7 Å². The standard InChI is InChI=1S/C15H15NO3/c17-15(18)13-9-19-14(8-16-13)12-7-3-5-10-4-1-2-6-11(10)12/h1-7,13-14,16H,8-9H2,(H,17,18). The predicted octanol–water partition coefficient (Wildman–Crippen LogP) is 1.95. The van der Waals surface area contributed by atoms with Gasteiger partial charge < -0.3 is 9.84 Å². The number of carboxylic acids is 1. The Bertz CT molecular complexity index is 598. The van der Waals surface area contributed by atoms with Crippen molar-refractivity contribution in [2.24, 2.45) is 0 Å². The van der Waals surface area contributed by atoms with Gasteiger partial charge in [0, 0.05) is 6.54 Å². The number of carboxylic acid groups (broad SMARTS) is 1. The van der Waals surface area contributed by atoms with Gasteiger partial charge in [0.1, 0.15) is 6.04 Å².